The van der Waals surface area contributed by atoms with Crippen molar-refractivity contribution in [3.8, 4) is 0 Å². The maximum Gasteiger partial charge on any atom is 0.125 e. The molecule has 2 aliphatic carbocycles. The molecular weight excluding hydrogens is 303 g/mol. The van der Waals surface area contributed by atoms with Crippen LogP contribution in [0, 0.1) is 17.8 Å². The molecule has 4 unspecified atom stereocenters. The van der Waals surface area contributed by atoms with Crippen LogP contribution in [-0.2, 0) is 5.88 Å². The minimum atomic E-state index is 0.430. The van der Waals surface area contributed by atoms with Crippen molar-refractivity contribution in [1.82, 2.24) is 9.55 Å². The summed E-state index contributed by atoms with van der Waals surface area (Å²) in [6, 6.07) is 6.37. The van der Waals surface area contributed by atoms with E-state index in [4.69, 9.17) is 28.2 Å². The van der Waals surface area contributed by atoms with Crippen molar-refractivity contribution < 1.29 is 0 Å². The van der Waals surface area contributed by atoms with Crippen LogP contribution >= 0.6 is 23.2 Å². The molecule has 1 aromatic heterocycles. The van der Waals surface area contributed by atoms with Crippen molar-refractivity contribution in [2.75, 3.05) is 0 Å². The van der Waals surface area contributed by atoms with Gasteiger partial charge < -0.3 is 4.57 Å². The Morgan fingerprint density at radius 2 is 2.19 bits per heavy atom. The standard InChI is InChI=1S/C17H20Cl2N2/c1-10(13-8-11-5-6-12(13)7-11)21-16(9-18)20-15-4-2-3-14(19)17(15)21/h2-4,10-13H,5-9H2,1H3. The molecule has 1 aromatic carbocycles. The Labute approximate surface area is 135 Å². The topological polar surface area (TPSA) is 17.8 Å². The van der Waals surface area contributed by atoms with Crippen LogP contribution in [0.25, 0.3) is 11.0 Å². The summed E-state index contributed by atoms with van der Waals surface area (Å²) >= 11 is 12.6. The van der Waals surface area contributed by atoms with Gasteiger partial charge in [0.2, 0.25) is 0 Å². The number of fused-ring (bicyclic) bond motifs is 3. The van der Waals surface area contributed by atoms with E-state index in [0.717, 1.165) is 39.6 Å². The Kier molecular flexibility index (Phi) is 3.42. The van der Waals surface area contributed by atoms with Crippen molar-refractivity contribution >= 4 is 34.2 Å². The second-order valence-corrected chi connectivity index (χ2v) is 7.39. The highest BCUT2D eigenvalue weighted by molar-refractivity contribution is 6.35. The summed E-state index contributed by atoms with van der Waals surface area (Å²) in [7, 11) is 0. The van der Waals surface area contributed by atoms with Gasteiger partial charge in [0.1, 0.15) is 5.82 Å². The van der Waals surface area contributed by atoms with E-state index in [1.165, 1.54) is 25.7 Å². The fourth-order valence-corrected chi connectivity index (χ4v) is 5.21. The van der Waals surface area contributed by atoms with Gasteiger partial charge in [0.25, 0.3) is 0 Å². The number of imidazole rings is 1. The number of para-hydroxylation sites is 1. The summed E-state index contributed by atoms with van der Waals surface area (Å²) in [4.78, 5) is 4.69. The van der Waals surface area contributed by atoms with E-state index in [0.29, 0.717) is 11.9 Å². The molecule has 2 aliphatic rings. The first-order valence-corrected chi connectivity index (χ1v) is 8.81. The van der Waals surface area contributed by atoms with E-state index in [-0.39, 0.29) is 0 Å². The molecule has 0 N–H and O–H groups in total. The molecule has 2 bridgehead atoms. The van der Waals surface area contributed by atoms with Crippen LogP contribution in [0.5, 0.6) is 0 Å². The van der Waals surface area contributed by atoms with Crippen LogP contribution in [0.2, 0.25) is 5.02 Å². The van der Waals surface area contributed by atoms with Crippen molar-refractivity contribution in [3.05, 3.63) is 29.0 Å². The molecule has 1 heterocycles. The van der Waals surface area contributed by atoms with Crippen molar-refractivity contribution in [1.29, 1.82) is 0 Å². The number of rotatable bonds is 3. The van der Waals surface area contributed by atoms with Gasteiger partial charge in [-0.1, -0.05) is 24.1 Å². The SMILES string of the molecule is CC(C1CC2CCC1C2)n1c(CCl)nc2cccc(Cl)c21. The third-order valence-electron chi connectivity index (χ3n) is 5.67. The Morgan fingerprint density at radius 3 is 2.86 bits per heavy atom. The number of benzene rings is 1. The minimum absolute atomic E-state index is 0.430. The first-order valence-electron chi connectivity index (χ1n) is 7.90. The lowest BCUT2D eigenvalue weighted by Gasteiger charge is -2.30. The van der Waals surface area contributed by atoms with Crippen molar-refractivity contribution in [2.45, 2.75) is 44.5 Å². The molecular formula is C17H20Cl2N2. The molecule has 0 saturated heterocycles. The van der Waals surface area contributed by atoms with Gasteiger partial charge in [0.15, 0.2) is 0 Å². The molecule has 4 heteroatoms. The summed E-state index contributed by atoms with van der Waals surface area (Å²) < 4.78 is 2.32. The summed E-state index contributed by atoms with van der Waals surface area (Å²) in [5.74, 6) is 3.98. The highest BCUT2D eigenvalue weighted by Gasteiger charge is 2.42. The van der Waals surface area contributed by atoms with Crippen LogP contribution in [0.4, 0.5) is 0 Å². The summed E-state index contributed by atoms with van der Waals surface area (Å²) in [6.07, 6.45) is 5.61. The van der Waals surface area contributed by atoms with Gasteiger partial charge in [-0.3, -0.25) is 0 Å². The average Bonchev–Trinajstić information content (AvgIpc) is 3.19. The molecule has 21 heavy (non-hydrogen) atoms. The molecule has 2 aromatic rings. The highest BCUT2D eigenvalue weighted by atomic mass is 35.5. The molecule has 2 nitrogen and oxygen atoms in total. The summed E-state index contributed by atoms with van der Waals surface area (Å²) in [6.45, 7) is 2.33. The highest BCUT2D eigenvalue weighted by Crippen LogP contribution is 2.52. The Hall–Kier alpha value is -0.730. The third-order valence-corrected chi connectivity index (χ3v) is 6.22. The third kappa shape index (κ3) is 2.10. The van der Waals surface area contributed by atoms with E-state index in [1.54, 1.807) is 0 Å². The maximum absolute atomic E-state index is 6.46. The predicted octanol–water partition coefficient (Wildman–Crippen LogP) is 5.43. The van der Waals surface area contributed by atoms with Gasteiger partial charge in [-0.2, -0.15) is 0 Å². The van der Waals surface area contributed by atoms with Crippen LogP contribution in [0.1, 0.15) is 44.5 Å². The number of hydrogen-bond acceptors (Lipinski definition) is 1. The maximum atomic E-state index is 6.46. The largest absolute Gasteiger partial charge is 0.323 e. The lowest BCUT2D eigenvalue weighted by molar-refractivity contribution is 0.244. The van der Waals surface area contributed by atoms with E-state index in [9.17, 15) is 0 Å². The molecule has 0 spiro atoms. The summed E-state index contributed by atoms with van der Waals surface area (Å²) in [5, 5.41) is 0.784. The van der Waals surface area contributed by atoms with Crippen LogP contribution in [0.15, 0.2) is 18.2 Å². The lowest BCUT2D eigenvalue weighted by atomic mass is 9.83. The van der Waals surface area contributed by atoms with Crippen molar-refractivity contribution in [2.24, 2.45) is 17.8 Å². The molecule has 4 rings (SSSR count). The van der Waals surface area contributed by atoms with Gasteiger partial charge in [-0.05, 0) is 56.1 Å². The Bertz CT molecular complexity index is 679. The number of hydrogen-bond donors (Lipinski definition) is 0. The molecule has 0 aliphatic heterocycles. The smallest absolute Gasteiger partial charge is 0.125 e. The fraction of sp³-hybridized carbons (Fsp3) is 0.588. The molecule has 0 amide bonds. The molecule has 0 radical (unpaired) electrons. The molecule has 4 atom stereocenters. The van der Waals surface area contributed by atoms with Crippen LogP contribution < -0.4 is 0 Å². The molecule has 2 fully saturated rings. The zero-order valence-corrected chi connectivity index (χ0v) is 13.7. The molecule has 112 valence electrons. The second kappa shape index (κ2) is 5.17. The Morgan fingerprint density at radius 1 is 1.33 bits per heavy atom. The average molecular weight is 323 g/mol. The zero-order chi connectivity index (χ0) is 14.6. The Balaban J connectivity index is 1.81. The fourth-order valence-electron chi connectivity index (χ4n) is 4.76. The van der Waals surface area contributed by atoms with Gasteiger partial charge in [-0.15, -0.1) is 11.6 Å². The minimum Gasteiger partial charge on any atom is -0.323 e. The number of alkyl halides is 1. The van der Waals surface area contributed by atoms with Gasteiger partial charge >= 0.3 is 0 Å². The van der Waals surface area contributed by atoms with E-state index in [2.05, 4.69) is 11.5 Å². The zero-order valence-electron chi connectivity index (χ0n) is 12.2. The molecule has 2 saturated carbocycles. The van der Waals surface area contributed by atoms with Crippen molar-refractivity contribution in [3.63, 3.8) is 0 Å². The van der Waals surface area contributed by atoms with E-state index < -0.39 is 0 Å². The quantitative estimate of drug-likeness (QED) is 0.689. The normalized spacial score (nSPS) is 29.4. The number of halogens is 2. The van der Waals surface area contributed by atoms with E-state index in [1.807, 2.05) is 18.2 Å². The summed E-state index contributed by atoms with van der Waals surface area (Å²) in [5.41, 5.74) is 2.03. The van der Waals surface area contributed by atoms with Gasteiger partial charge in [-0.25, -0.2) is 4.98 Å². The first kappa shape index (κ1) is 13.9. The van der Waals surface area contributed by atoms with Gasteiger partial charge in [0.05, 0.1) is 21.9 Å². The van der Waals surface area contributed by atoms with Crippen LogP contribution in [0.3, 0.4) is 0 Å². The van der Waals surface area contributed by atoms with Crippen LogP contribution in [-0.4, -0.2) is 9.55 Å². The predicted molar refractivity (Wildman–Crippen MR) is 87.9 cm³/mol. The first-order chi connectivity index (χ1) is 10.2. The number of nitrogens with zero attached hydrogens (tertiary/aromatic N) is 2. The van der Waals surface area contributed by atoms with Gasteiger partial charge in [0, 0.05) is 6.04 Å². The lowest BCUT2D eigenvalue weighted by Crippen LogP contribution is -2.23. The van der Waals surface area contributed by atoms with E-state index >= 15 is 0 Å². The number of aromatic nitrogens is 2. The second-order valence-electron chi connectivity index (χ2n) is 6.72. The monoisotopic (exact) mass is 322 g/mol.